The molecule has 1 saturated heterocycles. The highest BCUT2D eigenvalue weighted by molar-refractivity contribution is 5.35. The summed E-state index contributed by atoms with van der Waals surface area (Å²) < 4.78 is 11.6. The molecule has 0 spiro atoms. The molecule has 3 heteroatoms. The first-order chi connectivity index (χ1) is 9.79. The molecule has 1 aromatic rings. The standard InChI is InChI=1S/C17H25NO2/c1-3-19-16-7-5-4-6-14(16)12(2)18-15-10-11-20-17(15)13-8-9-13/h4-7,12-13,15,17-18H,3,8-11H2,1-2H3. The average molecular weight is 275 g/mol. The van der Waals surface area contributed by atoms with Crippen LogP contribution in [0, 0.1) is 5.92 Å². The van der Waals surface area contributed by atoms with Gasteiger partial charge in [0.1, 0.15) is 5.75 Å². The monoisotopic (exact) mass is 275 g/mol. The van der Waals surface area contributed by atoms with E-state index in [0.29, 0.717) is 24.8 Å². The highest BCUT2D eigenvalue weighted by Crippen LogP contribution is 2.39. The van der Waals surface area contributed by atoms with Crippen molar-refractivity contribution in [2.24, 2.45) is 5.92 Å². The summed E-state index contributed by atoms with van der Waals surface area (Å²) in [6, 6.07) is 9.12. The molecule has 3 unspecified atom stereocenters. The van der Waals surface area contributed by atoms with Gasteiger partial charge in [-0.05, 0) is 45.1 Å². The minimum Gasteiger partial charge on any atom is -0.494 e. The van der Waals surface area contributed by atoms with E-state index in [2.05, 4.69) is 30.4 Å². The van der Waals surface area contributed by atoms with Gasteiger partial charge in [-0.15, -0.1) is 0 Å². The maximum atomic E-state index is 5.91. The first-order valence-electron chi connectivity index (χ1n) is 7.89. The van der Waals surface area contributed by atoms with E-state index in [-0.39, 0.29) is 0 Å². The zero-order valence-corrected chi connectivity index (χ0v) is 12.5. The Balaban J connectivity index is 1.67. The van der Waals surface area contributed by atoms with Crippen molar-refractivity contribution in [2.45, 2.75) is 51.3 Å². The second kappa shape index (κ2) is 6.15. The number of benzene rings is 1. The van der Waals surface area contributed by atoms with Crippen molar-refractivity contribution >= 4 is 0 Å². The van der Waals surface area contributed by atoms with E-state index in [1.807, 2.05) is 13.0 Å². The van der Waals surface area contributed by atoms with Crippen LogP contribution in [0.2, 0.25) is 0 Å². The van der Waals surface area contributed by atoms with Gasteiger partial charge in [0.15, 0.2) is 0 Å². The van der Waals surface area contributed by atoms with Gasteiger partial charge in [0, 0.05) is 24.3 Å². The van der Waals surface area contributed by atoms with Crippen molar-refractivity contribution in [3.63, 3.8) is 0 Å². The van der Waals surface area contributed by atoms with Gasteiger partial charge in [-0.1, -0.05) is 18.2 Å². The van der Waals surface area contributed by atoms with E-state index in [1.165, 1.54) is 18.4 Å². The SMILES string of the molecule is CCOc1ccccc1C(C)NC1CCOC1C1CC1. The van der Waals surface area contributed by atoms with Gasteiger partial charge >= 0.3 is 0 Å². The molecule has 1 N–H and O–H groups in total. The van der Waals surface area contributed by atoms with Crippen LogP contribution in [-0.4, -0.2) is 25.4 Å². The van der Waals surface area contributed by atoms with Crippen LogP contribution < -0.4 is 10.1 Å². The van der Waals surface area contributed by atoms with Crippen LogP contribution in [0.3, 0.4) is 0 Å². The van der Waals surface area contributed by atoms with Gasteiger partial charge in [-0.25, -0.2) is 0 Å². The Kier molecular flexibility index (Phi) is 4.27. The largest absolute Gasteiger partial charge is 0.494 e. The zero-order chi connectivity index (χ0) is 13.9. The molecule has 110 valence electrons. The summed E-state index contributed by atoms with van der Waals surface area (Å²) in [6.45, 7) is 5.86. The Hall–Kier alpha value is -1.06. The molecule has 1 saturated carbocycles. The molecular weight excluding hydrogens is 250 g/mol. The molecule has 20 heavy (non-hydrogen) atoms. The first-order valence-corrected chi connectivity index (χ1v) is 7.89. The van der Waals surface area contributed by atoms with Crippen LogP contribution in [0.25, 0.3) is 0 Å². The molecule has 0 radical (unpaired) electrons. The van der Waals surface area contributed by atoms with Crippen LogP contribution in [0.4, 0.5) is 0 Å². The molecule has 0 amide bonds. The van der Waals surface area contributed by atoms with Gasteiger partial charge < -0.3 is 14.8 Å². The lowest BCUT2D eigenvalue weighted by Crippen LogP contribution is -2.39. The fraction of sp³-hybridized carbons (Fsp3) is 0.647. The topological polar surface area (TPSA) is 30.5 Å². The number of nitrogens with one attached hydrogen (secondary N) is 1. The Morgan fingerprint density at radius 1 is 1.30 bits per heavy atom. The molecule has 0 bridgehead atoms. The molecule has 3 rings (SSSR count). The minimum atomic E-state index is 0.297. The summed E-state index contributed by atoms with van der Waals surface area (Å²) in [7, 11) is 0. The van der Waals surface area contributed by atoms with Crippen molar-refractivity contribution in [3.05, 3.63) is 29.8 Å². The van der Waals surface area contributed by atoms with E-state index < -0.39 is 0 Å². The second-order valence-electron chi connectivity index (χ2n) is 5.93. The average Bonchev–Trinajstić information content (AvgIpc) is 3.20. The fourth-order valence-corrected chi connectivity index (χ4v) is 3.22. The quantitative estimate of drug-likeness (QED) is 0.864. The highest BCUT2D eigenvalue weighted by atomic mass is 16.5. The van der Waals surface area contributed by atoms with Crippen molar-refractivity contribution in [3.8, 4) is 5.75 Å². The predicted molar refractivity (Wildman–Crippen MR) is 80.0 cm³/mol. The lowest BCUT2D eigenvalue weighted by Gasteiger charge is -2.25. The van der Waals surface area contributed by atoms with Crippen molar-refractivity contribution in [1.29, 1.82) is 0 Å². The molecule has 1 aromatic carbocycles. The molecule has 3 atom stereocenters. The summed E-state index contributed by atoms with van der Waals surface area (Å²) in [4.78, 5) is 0. The second-order valence-corrected chi connectivity index (χ2v) is 5.93. The molecule has 1 aliphatic carbocycles. The van der Waals surface area contributed by atoms with E-state index in [1.54, 1.807) is 0 Å². The van der Waals surface area contributed by atoms with Gasteiger partial charge in [0.05, 0.1) is 12.7 Å². The molecular formula is C17H25NO2. The first kappa shape index (κ1) is 13.9. The summed E-state index contributed by atoms with van der Waals surface area (Å²) in [5, 5.41) is 3.76. The third-order valence-corrected chi connectivity index (χ3v) is 4.37. The predicted octanol–water partition coefficient (Wildman–Crippen LogP) is 3.30. The number of para-hydroxylation sites is 1. The maximum Gasteiger partial charge on any atom is 0.124 e. The number of ether oxygens (including phenoxy) is 2. The van der Waals surface area contributed by atoms with Crippen LogP contribution >= 0.6 is 0 Å². The zero-order valence-electron chi connectivity index (χ0n) is 12.5. The van der Waals surface area contributed by atoms with Gasteiger partial charge in [0.25, 0.3) is 0 Å². The van der Waals surface area contributed by atoms with Crippen molar-refractivity contribution < 1.29 is 9.47 Å². The van der Waals surface area contributed by atoms with E-state index in [4.69, 9.17) is 9.47 Å². The Labute approximate surface area is 121 Å². The smallest absolute Gasteiger partial charge is 0.124 e. The van der Waals surface area contributed by atoms with Crippen LogP contribution in [-0.2, 0) is 4.74 Å². The summed E-state index contributed by atoms with van der Waals surface area (Å²) in [5.74, 6) is 1.79. The molecule has 1 aliphatic heterocycles. The van der Waals surface area contributed by atoms with Gasteiger partial charge in [-0.3, -0.25) is 0 Å². The Bertz CT molecular complexity index is 444. The van der Waals surface area contributed by atoms with Crippen LogP contribution in [0.1, 0.15) is 44.7 Å². The highest BCUT2D eigenvalue weighted by Gasteiger charge is 2.41. The van der Waals surface area contributed by atoms with Crippen molar-refractivity contribution in [1.82, 2.24) is 5.32 Å². The van der Waals surface area contributed by atoms with E-state index in [9.17, 15) is 0 Å². The van der Waals surface area contributed by atoms with Crippen molar-refractivity contribution in [2.75, 3.05) is 13.2 Å². The van der Waals surface area contributed by atoms with E-state index in [0.717, 1.165) is 24.7 Å². The summed E-state index contributed by atoms with van der Waals surface area (Å²) in [6.07, 6.45) is 4.23. The van der Waals surface area contributed by atoms with E-state index >= 15 is 0 Å². The maximum absolute atomic E-state index is 5.91. The third-order valence-electron chi connectivity index (χ3n) is 4.37. The van der Waals surface area contributed by atoms with Crippen LogP contribution in [0.5, 0.6) is 5.75 Å². The normalized spacial score (nSPS) is 27.5. The lowest BCUT2D eigenvalue weighted by molar-refractivity contribution is 0.0792. The molecule has 1 heterocycles. The Morgan fingerprint density at radius 2 is 2.10 bits per heavy atom. The van der Waals surface area contributed by atoms with Gasteiger partial charge in [0.2, 0.25) is 0 Å². The van der Waals surface area contributed by atoms with Crippen LogP contribution in [0.15, 0.2) is 24.3 Å². The summed E-state index contributed by atoms with van der Waals surface area (Å²) in [5.41, 5.74) is 1.25. The summed E-state index contributed by atoms with van der Waals surface area (Å²) >= 11 is 0. The minimum absolute atomic E-state index is 0.297. The fourth-order valence-electron chi connectivity index (χ4n) is 3.22. The number of rotatable bonds is 6. The third kappa shape index (κ3) is 2.99. The Morgan fingerprint density at radius 3 is 2.85 bits per heavy atom. The molecule has 0 aromatic heterocycles. The van der Waals surface area contributed by atoms with Gasteiger partial charge in [-0.2, -0.15) is 0 Å². The molecule has 2 aliphatic rings. The molecule has 2 fully saturated rings. The lowest BCUT2D eigenvalue weighted by atomic mass is 10.0. The number of hydrogen-bond donors (Lipinski definition) is 1. The molecule has 3 nitrogen and oxygen atoms in total. The number of hydrogen-bond acceptors (Lipinski definition) is 3.